The highest BCUT2D eigenvalue weighted by Crippen LogP contribution is 2.28. The number of nitrogens with one attached hydrogen (secondary N) is 1. The third-order valence-corrected chi connectivity index (χ3v) is 5.42. The van der Waals surface area contributed by atoms with E-state index in [0.29, 0.717) is 27.7 Å². The van der Waals surface area contributed by atoms with E-state index in [-0.39, 0.29) is 11.8 Å². The van der Waals surface area contributed by atoms with Crippen LogP contribution in [-0.2, 0) is 0 Å². The van der Waals surface area contributed by atoms with E-state index in [1.807, 2.05) is 12.1 Å². The monoisotopic (exact) mass is 399 g/mol. The van der Waals surface area contributed by atoms with Crippen molar-refractivity contribution in [2.45, 2.75) is 0 Å². The molecule has 0 bridgehead atoms. The van der Waals surface area contributed by atoms with Gasteiger partial charge in [-0.05, 0) is 36.4 Å². The van der Waals surface area contributed by atoms with E-state index in [1.165, 1.54) is 11.3 Å². The van der Waals surface area contributed by atoms with Gasteiger partial charge in [-0.1, -0.05) is 30.3 Å². The number of carbonyl (C=O) groups is 1. The van der Waals surface area contributed by atoms with Crippen LogP contribution in [0.15, 0.2) is 81.5 Å². The average Bonchev–Trinajstić information content (AvgIpc) is 3.23. The molecule has 0 atom stereocenters. The van der Waals surface area contributed by atoms with Gasteiger partial charge in [0.05, 0.1) is 43.4 Å². The lowest BCUT2D eigenvalue weighted by molar-refractivity contribution is 0.102. The van der Waals surface area contributed by atoms with Crippen LogP contribution in [0.1, 0.15) is 10.4 Å². The van der Waals surface area contributed by atoms with Crippen molar-refractivity contribution in [3.8, 4) is 11.5 Å². The summed E-state index contributed by atoms with van der Waals surface area (Å²) in [7, 11) is 0. The summed E-state index contributed by atoms with van der Waals surface area (Å²) in [6.07, 6.45) is 0. The SMILES string of the molecule is O=C(Nc1ccccc1-c1nc2ccccc2c(=O)o1)c1cccc2ncsc12. The highest BCUT2D eigenvalue weighted by Gasteiger charge is 2.16. The molecule has 2 heterocycles. The number of aromatic nitrogens is 2. The van der Waals surface area contributed by atoms with Crippen molar-refractivity contribution in [1.82, 2.24) is 9.97 Å². The van der Waals surface area contributed by atoms with E-state index in [9.17, 15) is 9.59 Å². The molecule has 2 aromatic heterocycles. The molecular formula is C22H13N3O3S. The quantitative estimate of drug-likeness (QED) is 0.475. The zero-order valence-electron chi connectivity index (χ0n) is 15.0. The minimum absolute atomic E-state index is 0.153. The fourth-order valence-electron chi connectivity index (χ4n) is 3.17. The summed E-state index contributed by atoms with van der Waals surface area (Å²) in [4.78, 5) is 34.0. The first-order chi connectivity index (χ1) is 14.2. The molecule has 140 valence electrons. The largest absolute Gasteiger partial charge is 0.403 e. The molecule has 5 rings (SSSR count). The van der Waals surface area contributed by atoms with Crippen molar-refractivity contribution < 1.29 is 9.21 Å². The van der Waals surface area contributed by atoms with Gasteiger partial charge in [-0.2, -0.15) is 0 Å². The molecule has 0 saturated heterocycles. The summed E-state index contributed by atoms with van der Waals surface area (Å²) >= 11 is 1.41. The van der Waals surface area contributed by atoms with E-state index in [0.717, 1.165) is 10.2 Å². The van der Waals surface area contributed by atoms with Gasteiger partial charge < -0.3 is 9.73 Å². The predicted octanol–water partition coefficient (Wildman–Crippen LogP) is 4.72. The third kappa shape index (κ3) is 3.07. The zero-order chi connectivity index (χ0) is 19.8. The Labute approximate surface area is 168 Å². The smallest absolute Gasteiger partial charge is 0.347 e. The number of hydrogen-bond donors (Lipinski definition) is 1. The van der Waals surface area contributed by atoms with Gasteiger partial charge in [0, 0.05) is 0 Å². The molecule has 0 spiro atoms. The molecule has 29 heavy (non-hydrogen) atoms. The molecule has 1 N–H and O–H groups in total. The number of carbonyl (C=O) groups excluding carboxylic acids is 1. The summed E-state index contributed by atoms with van der Waals surface area (Å²) in [5.74, 6) is -0.115. The predicted molar refractivity (Wildman–Crippen MR) is 113 cm³/mol. The average molecular weight is 399 g/mol. The highest BCUT2D eigenvalue weighted by molar-refractivity contribution is 7.17. The Kier molecular flexibility index (Phi) is 4.14. The van der Waals surface area contributed by atoms with Crippen LogP contribution in [0, 0.1) is 0 Å². The number of amides is 1. The maximum Gasteiger partial charge on any atom is 0.347 e. The zero-order valence-corrected chi connectivity index (χ0v) is 15.8. The van der Waals surface area contributed by atoms with Gasteiger partial charge in [0.15, 0.2) is 0 Å². The van der Waals surface area contributed by atoms with Gasteiger partial charge in [0.1, 0.15) is 0 Å². The number of hydrogen-bond acceptors (Lipinski definition) is 6. The van der Waals surface area contributed by atoms with Gasteiger partial charge in [-0.3, -0.25) is 4.79 Å². The topological polar surface area (TPSA) is 85.1 Å². The molecule has 1 amide bonds. The molecular weight excluding hydrogens is 386 g/mol. The molecule has 6 nitrogen and oxygen atoms in total. The van der Waals surface area contributed by atoms with Crippen LogP contribution in [0.4, 0.5) is 5.69 Å². The van der Waals surface area contributed by atoms with Gasteiger partial charge >= 0.3 is 5.63 Å². The molecule has 0 aliphatic heterocycles. The second-order valence-electron chi connectivity index (χ2n) is 6.33. The normalized spacial score (nSPS) is 11.0. The first-order valence-electron chi connectivity index (χ1n) is 8.83. The fourth-order valence-corrected chi connectivity index (χ4v) is 3.97. The summed E-state index contributed by atoms with van der Waals surface area (Å²) in [5.41, 5.74) is 4.12. The summed E-state index contributed by atoms with van der Waals surface area (Å²) < 4.78 is 6.25. The summed E-state index contributed by atoms with van der Waals surface area (Å²) in [5, 5.41) is 3.32. The Bertz CT molecular complexity index is 1440. The van der Waals surface area contributed by atoms with E-state index in [2.05, 4.69) is 15.3 Å². The molecule has 0 radical (unpaired) electrons. The lowest BCUT2D eigenvalue weighted by atomic mass is 10.1. The molecule has 0 aliphatic carbocycles. The molecule has 0 fully saturated rings. The lowest BCUT2D eigenvalue weighted by Crippen LogP contribution is -2.13. The highest BCUT2D eigenvalue weighted by atomic mass is 32.1. The maximum atomic E-state index is 12.9. The summed E-state index contributed by atoms with van der Waals surface area (Å²) in [6.45, 7) is 0. The van der Waals surface area contributed by atoms with Crippen LogP contribution < -0.4 is 10.9 Å². The van der Waals surface area contributed by atoms with Crippen LogP contribution in [0.25, 0.3) is 32.6 Å². The molecule has 5 aromatic rings. The Hall–Kier alpha value is -3.84. The Morgan fingerprint density at radius 3 is 2.66 bits per heavy atom. The van der Waals surface area contributed by atoms with E-state index in [1.54, 1.807) is 60.1 Å². The van der Waals surface area contributed by atoms with Gasteiger partial charge in [0.25, 0.3) is 5.91 Å². The number of fused-ring (bicyclic) bond motifs is 2. The van der Waals surface area contributed by atoms with Crippen LogP contribution in [0.2, 0.25) is 0 Å². The second kappa shape index (κ2) is 6.96. The minimum atomic E-state index is -0.471. The Morgan fingerprint density at radius 1 is 0.931 bits per heavy atom. The Balaban J connectivity index is 1.58. The van der Waals surface area contributed by atoms with E-state index < -0.39 is 5.63 Å². The molecule has 0 aliphatic rings. The van der Waals surface area contributed by atoms with E-state index in [4.69, 9.17) is 4.42 Å². The summed E-state index contributed by atoms with van der Waals surface area (Å²) in [6, 6.07) is 19.5. The van der Waals surface area contributed by atoms with Crippen molar-refractivity contribution in [2.24, 2.45) is 0 Å². The minimum Gasteiger partial charge on any atom is -0.403 e. The molecule has 3 aromatic carbocycles. The van der Waals surface area contributed by atoms with Crippen LogP contribution in [0.5, 0.6) is 0 Å². The first kappa shape index (κ1) is 17.3. The second-order valence-corrected chi connectivity index (χ2v) is 7.18. The molecule has 0 saturated carbocycles. The van der Waals surface area contributed by atoms with Gasteiger partial charge in [-0.15, -0.1) is 11.3 Å². The standard InChI is InChI=1S/C22H13N3O3S/c26-20(15-8-5-11-18-19(15)29-12-23-18)24-16-9-3-1-6-13(16)21-25-17-10-4-2-7-14(17)22(27)28-21/h1-12H,(H,24,26). The molecule has 0 unspecified atom stereocenters. The van der Waals surface area contributed by atoms with Crippen molar-refractivity contribution in [3.05, 3.63) is 88.2 Å². The third-order valence-electron chi connectivity index (χ3n) is 4.54. The van der Waals surface area contributed by atoms with Crippen molar-refractivity contribution in [2.75, 3.05) is 5.32 Å². The van der Waals surface area contributed by atoms with Crippen molar-refractivity contribution >= 4 is 44.1 Å². The van der Waals surface area contributed by atoms with Crippen molar-refractivity contribution in [3.63, 3.8) is 0 Å². The Morgan fingerprint density at radius 2 is 1.72 bits per heavy atom. The number of thiazole rings is 1. The number of nitrogens with zero attached hydrogens (tertiary/aromatic N) is 2. The van der Waals surface area contributed by atoms with Crippen LogP contribution in [-0.4, -0.2) is 15.9 Å². The van der Waals surface area contributed by atoms with Gasteiger partial charge in [-0.25, -0.2) is 14.8 Å². The van der Waals surface area contributed by atoms with Crippen LogP contribution >= 0.6 is 11.3 Å². The number of benzene rings is 3. The lowest BCUT2D eigenvalue weighted by Gasteiger charge is -2.10. The number of rotatable bonds is 3. The van der Waals surface area contributed by atoms with Crippen molar-refractivity contribution in [1.29, 1.82) is 0 Å². The maximum absolute atomic E-state index is 12.9. The van der Waals surface area contributed by atoms with Gasteiger partial charge in [0.2, 0.25) is 5.89 Å². The first-order valence-corrected chi connectivity index (χ1v) is 9.71. The molecule has 7 heteroatoms. The fraction of sp³-hybridized carbons (Fsp3) is 0. The van der Waals surface area contributed by atoms with E-state index >= 15 is 0 Å². The van der Waals surface area contributed by atoms with Crippen LogP contribution in [0.3, 0.4) is 0 Å². The number of anilines is 1. The number of para-hydroxylation sites is 2.